The maximum Gasteiger partial charge on any atom is 0.325 e. The lowest BCUT2D eigenvalue weighted by atomic mass is 10.0. The molecule has 0 aliphatic carbocycles. The highest BCUT2D eigenvalue weighted by atomic mass is 32.2. The summed E-state index contributed by atoms with van der Waals surface area (Å²) < 4.78 is 34.0. The number of aromatic nitrogens is 1. The van der Waals surface area contributed by atoms with Gasteiger partial charge in [0.15, 0.2) is 4.80 Å². The van der Waals surface area contributed by atoms with Crippen LogP contribution in [0.3, 0.4) is 0 Å². The summed E-state index contributed by atoms with van der Waals surface area (Å²) in [7, 11) is -0.831. The molecule has 0 spiro atoms. The molecule has 3 aromatic rings. The van der Waals surface area contributed by atoms with Crippen LogP contribution >= 0.6 is 11.3 Å². The van der Waals surface area contributed by atoms with Crippen molar-refractivity contribution < 1.29 is 22.7 Å². The minimum atomic E-state index is -3.65. The standard InChI is InChI=1S/C24H29N3O5S2/c1-15(2)18-9-12-20-21(13-18)33-24(27(20)14-22(28)32-6)25-23(29)17-7-10-19(11-8-17)34(30,31)26(5)16(3)4/h7-13,15-16H,14H2,1-6H3. The van der Waals surface area contributed by atoms with Gasteiger partial charge in [-0.2, -0.15) is 9.30 Å². The molecule has 0 unspecified atom stereocenters. The predicted octanol–water partition coefficient (Wildman–Crippen LogP) is 3.77. The van der Waals surface area contributed by atoms with Gasteiger partial charge < -0.3 is 9.30 Å². The zero-order valence-electron chi connectivity index (χ0n) is 20.1. The summed E-state index contributed by atoms with van der Waals surface area (Å²) in [6, 6.07) is 11.4. The average molecular weight is 504 g/mol. The van der Waals surface area contributed by atoms with E-state index in [-0.39, 0.29) is 23.0 Å². The molecule has 0 atom stereocenters. The van der Waals surface area contributed by atoms with Crippen LogP contribution in [0, 0.1) is 0 Å². The van der Waals surface area contributed by atoms with Gasteiger partial charge in [0.25, 0.3) is 5.91 Å². The highest BCUT2D eigenvalue weighted by Gasteiger charge is 2.23. The minimum absolute atomic E-state index is 0.0810. The van der Waals surface area contributed by atoms with Crippen molar-refractivity contribution in [2.24, 2.45) is 4.99 Å². The number of carbonyl (C=O) groups is 2. The monoisotopic (exact) mass is 503 g/mol. The third-order valence-corrected chi connectivity index (χ3v) is 8.68. The van der Waals surface area contributed by atoms with E-state index in [1.54, 1.807) is 18.4 Å². The fourth-order valence-electron chi connectivity index (χ4n) is 3.25. The van der Waals surface area contributed by atoms with Crippen LogP contribution in [-0.4, -0.2) is 49.4 Å². The number of hydrogen-bond donors (Lipinski definition) is 0. The quantitative estimate of drug-likeness (QED) is 0.457. The molecule has 0 bridgehead atoms. The van der Waals surface area contributed by atoms with Crippen molar-refractivity contribution in [3.05, 3.63) is 58.4 Å². The van der Waals surface area contributed by atoms with E-state index in [2.05, 4.69) is 18.8 Å². The van der Waals surface area contributed by atoms with Gasteiger partial charge in [-0.1, -0.05) is 31.3 Å². The van der Waals surface area contributed by atoms with Gasteiger partial charge >= 0.3 is 5.97 Å². The van der Waals surface area contributed by atoms with Crippen LogP contribution in [0.5, 0.6) is 0 Å². The number of carbonyl (C=O) groups excluding carboxylic acids is 2. The van der Waals surface area contributed by atoms with E-state index in [4.69, 9.17) is 4.74 Å². The lowest BCUT2D eigenvalue weighted by Gasteiger charge is -2.20. The first kappa shape index (κ1) is 25.8. The van der Waals surface area contributed by atoms with Crippen molar-refractivity contribution >= 4 is 43.5 Å². The van der Waals surface area contributed by atoms with Crippen LogP contribution in [0.15, 0.2) is 52.4 Å². The summed E-state index contributed by atoms with van der Waals surface area (Å²) in [4.78, 5) is 29.7. The third kappa shape index (κ3) is 5.29. The van der Waals surface area contributed by atoms with Crippen LogP contribution in [0.4, 0.5) is 0 Å². The zero-order valence-corrected chi connectivity index (χ0v) is 21.7. The largest absolute Gasteiger partial charge is 0.468 e. The van der Waals surface area contributed by atoms with E-state index in [0.717, 1.165) is 15.8 Å². The van der Waals surface area contributed by atoms with E-state index >= 15 is 0 Å². The van der Waals surface area contributed by atoms with Crippen LogP contribution in [0.2, 0.25) is 0 Å². The Morgan fingerprint density at radius 3 is 2.29 bits per heavy atom. The maximum atomic E-state index is 12.9. The minimum Gasteiger partial charge on any atom is -0.468 e. The molecule has 2 aromatic carbocycles. The van der Waals surface area contributed by atoms with E-state index in [0.29, 0.717) is 10.7 Å². The summed E-state index contributed by atoms with van der Waals surface area (Å²) in [5.74, 6) is -0.659. The van der Waals surface area contributed by atoms with Crippen LogP contribution in [0.25, 0.3) is 10.2 Å². The maximum absolute atomic E-state index is 12.9. The number of fused-ring (bicyclic) bond motifs is 1. The molecule has 0 radical (unpaired) electrons. The fraction of sp³-hybridized carbons (Fsp3) is 0.375. The number of methoxy groups -OCH3 is 1. The Hall–Kier alpha value is -2.82. The Kier molecular flexibility index (Phi) is 7.74. The summed E-state index contributed by atoms with van der Waals surface area (Å²) >= 11 is 1.31. The van der Waals surface area contributed by atoms with Crippen LogP contribution < -0.4 is 4.80 Å². The van der Waals surface area contributed by atoms with Crippen molar-refractivity contribution in [1.82, 2.24) is 8.87 Å². The molecule has 10 heteroatoms. The van der Waals surface area contributed by atoms with Crippen molar-refractivity contribution in [1.29, 1.82) is 0 Å². The van der Waals surface area contributed by atoms with E-state index in [1.165, 1.54) is 54.1 Å². The molecular formula is C24H29N3O5S2. The predicted molar refractivity (Wildman–Crippen MR) is 132 cm³/mol. The second-order valence-corrected chi connectivity index (χ2v) is 11.5. The molecule has 1 heterocycles. The molecule has 0 aliphatic rings. The number of ether oxygens (including phenoxy) is 1. The second-order valence-electron chi connectivity index (χ2n) is 8.49. The first-order valence-corrected chi connectivity index (χ1v) is 13.1. The molecule has 1 amide bonds. The van der Waals surface area contributed by atoms with E-state index in [1.807, 2.05) is 18.2 Å². The van der Waals surface area contributed by atoms with Gasteiger partial charge in [0, 0.05) is 18.7 Å². The number of benzene rings is 2. The number of sulfonamides is 1. The highest BCUT2D eigenvalue weighted by molar-refractivity contribution is 7.89. The van der Waals surface area contributed by atoms with Gasteiger partial charge in [0.05, 0.1) is 22.2 Å². The third-order valence-electron chi connectivity index (χ3n) is 5.59. The van der Waals surface area contributed by atoms with E-state index < -0.39 is 21.9 Å². The lowest BCUT2D eigenvalue weighted by Crippen LogP contribution is -2.33. The van der Waals surface area contributed by atoms with Gasteiger partial charge in [-0.3, -0.25) is 9.59 Å². The van der Waals surface area contributed by atoms with Gasteiger partial charge in [0.2, 0.25) is 10.0 Å². The molecule has 0 fully saturated rings. The summed E-state index contributed by atoms with van der Waals surface area (Å²) in [5.41, 5.74) is 2.17. The Morgan fingerprint density at radius 2 is 1.74 bits per heavy atom. The highest BCUT2D eigenvalue weighted by Crippen LogP contribution is 2.24. The lowest BCUT2D eigenvalue weighted by molar-refractivity contribution is -0.141. The van der Waals surface area contributed by atoms with Crippen molar-refractivity contribution in [2.45, 2.75) is 51.1 Å². The van der Waals surface area contributed by atoms with Crippen molar-refractivity contribution in [3.8, 4) is 0 Å². The Bertz CT molecular complexity index is 1380. The van der Waals surface area contributed by atoms with Gasteiger partial charge in [-0.25, -0.2) is 8.42 Å². The Morgan fingerprint density at radius 1 is 1.09 bits per heavy atom. The van der Waals surface area contributed by atoms with Gasteiger partial charge in [0.1, 0.15) is 6.54 Å². The molecule has 182 valence electrons. The molecule has 0 aliphatic heterocycles. The normalized spacial score (nSPS) is 12.8. The topological polar surface area (TPSA) is 98.0 Å². The average Bonchev–Trinajstić information content (AvgIpc) is 3.14. The summed E-state index contributed by atoms with van der Waals surface area (Å²) in [5, 5.41) is 0. The number of esters is 1. The van der Waals surface area contributed by atoms with Gasteiger partial charge in [-0.05, 0) is 61.7 Å². The fourth-order valence-corrected chi connectivity index (χ4v) is 5.69. The SMILES string of the molecule is COC(=O)Cn1c(=NC(=O)c2ccc(S(=O)(=O)N(C)C(C)C)cc2)sc2cc(C(C)C)ccc21. The Balaban J connectivity index is 2.03. The number of nitrogens with zero attached hydrogens (tertiary/aromatic N) is 3. The molecule has 1 aromatic heterocycles. The van der Waals surface area contributed by atoms with Crippen LogP contribution in [-0.2, 0) is 26.1 Å². The molecule has 3 rings (SSSR count). The van der Waals surface area contributed by atoms with Crippen molar-refractivity contribution in [2.75, 3.05) is 14.2 Å². The molecule has 0 N–H and O–H groups in total. The zero-order chi connectivity index (χ0) is 25.2. The molecule has 0 saturated carbocycles. The summed E-state index contributed by atoms with van der Waals surface area (Å²) in [6.45, 7) is 7.67. The van der Waals surface area contributed by atoms with Gasteiger partial charge in [-0.15, -0.1) is 0 Å². The molecular weight excluding hydrogens is 474 g/mol. The molecule has 34 heavy (non-hydrogen) atoms. The smallest absolute Gasteiger partial charge is 0.325 e. The number of rotatable bonds is 7. The molecule has 8 nitrogen and oxygen atoms in total. The second kappa shape index (κ2) is 10.2. The van der Waals surface area contributed by atoms with Crippen molar-refractivity contribution in [3.63, 3.8) is 0 Å². The molecule has 0 saturated heterocycles. The van der Waals surface area contributed by atoms with E-state index in [9.17, 15) is 18.0 Å². The Labute approximate surface area is 203 Å². The first-order valence-electron chi connectivity index (χ1n) is 10.8. The number of amides is 1. The summed E-state index contributed by atoms with van der Waals surface area (Å²) in [6.07, 6.45) is 0. The number of hydrogen-bond acceptors (Lipinski definition) is 6. The first-order chi connectivity index (χ1) is 15.9. The van der Waals surface area contributed by atoms with Crippen LogP contribution in [0.1, 0.15) is 49.5 Å². The number of thiazole rings is 1.